The maximum Gasteiger partial charge on any atom is 0.337 e. The number of ether oxygens (including phenoxy) is 1. The second-order valence-electron chi connectivity index (χ2n) is 3.99. The summed E-state index contributed by atoms with van der Waals surface area (Å²) in [5, 5.41) is 0. The molecular formula is C14H15NO2. The minimum Gasteiger partial charge on any atom is -0.465 e. The Morgan fingerprint density at radius 1 is 1.35 bits per heavy atom. The van der Waals surface area contributed by atoms with Crippen molar-refractivity contribution in [3.63, 3.8) is 0 Å². The van der Waals surface area contributed by atoms with Gasteiger partial charge in [0.05, 0.1) is 12.7 Å². The van der Waals surface area contributed by atoms with Crippen molar-refractivity contribution in [1.82, 2.24) is 0 Å². The molecule has 17 heavy (non-hydrogen) atoms. The summed E-state index contributed by atoms with van der Waals surface area (Å²) in [5.74, 6) is -0.318. The van der Waals surface area contributed by atoms with E-state index in [1.807, 2.05) is 18.2 Å². The van der Waals surface area contributed by atoms with Crippen molar-refractivity contribution in [1.29, 1.82) is 0 Å². The highest BCUT2D eigenvalue weighted by molar-refractivity contribution is 5.90. The van der Waals surface area contributed by atoms with Gasteiger partial charge in [0.25, 0.3) is 0 Å². The van der Waals surface area contributed by atoms with E-state index in [1.54, 1.807) is 12.1 Å². The van der Waals surface area contributed by atoms with Crippen LogP contribution < -0.4 is 5.73 Å². The molecular weight excluding hydrogens is 214 g/mol. The lowest BCUT2D eigenvalue weighted by Crippen LogP contribution is -2.17. The van der Waals surface area contributed by atoms with E-state index in [0.717, 1.165) is 17.6 Å². The number of carbonyl (C=O) groups excluding carboxylic acids is 1. The fourth-order valence-electron chi connectivity index (χ4n) is 1.82. The van der Waals surface area contributed by atoms with Crippen molar-refractivity contribution in [2.24, 2.45) is 5.73 Å². The van der Waals surface area contributed by atoms with Crippen LogP contribution in [-0.2, 0) is 4.74 Å². The molecule has 0 fully saturated rings. The Morgan fingerprint density at radius 3 is 2.65 bits per heavy atom. The van der Waals surface area contributed by atoms with E-state index in [0.29, 0.717) is 5.56 Å². The average Bonchev–Trinajstić information content (AvgIpc) is 2.38. The van der Waals surface area contributed by atoms with Gasteiger partial charge in [0, 0.05) is 6.04 Å². The van der Waals surface area contributed by atoms with Gasteiger partial charge in [-0.05, 0) is 29.7 Å². The lowest BCUT2D eigenvalue weighted by molar-refractivity contribution is 0.0601. The van der Waals surface area contributed by atoms with E-state index >= 15 is 0 Å². The maximum atomic E-state index is 11.3. The Kier molecular flexibility index (Phi) is 3.40. The Labute approximate surface area is 101 Å². The summed E-state index contributed by atoms with van der Waals surface area (Å²) < 4.78 is 4.65. The Bertz CT molecular complexity index is 472. The summed E-state index contributed by atoms with van der Waals surface area (Å²) in [6.07, 6.45) is 7.03. The first-order chi connectivity index (χ1) is 8.20. The summed E-state index contributed by atoms with van der Waals surface area (Å²) in [6.45, 7) is 0. The zero-order valence-corrected chi connectivity index (χ0v) is 9.72. The van der Waals surface area contributed by atoms with Gasteiger partial charge >= 0.3 is 5.97 Å². The van der Waals surface area contributed by atoms with Gasteiger partial charge in [-0.1, -0.05) is 30.4 Å². The third kappa shape index (κ3) is 2.63. The van der Waals surface area contributed by atoms with Gasteiger partial charge in [0.1, 0.15) is 0 Å². The monoisotopic (exact) mass is 229 g/mol. The molecule has 3 nitrogen and oxygen atoms in total. The number of carbonyl (C=O) groups is 1. The highest BCUT2D eigenvalue weighted by atomic mass is 16.5. The Morgan fingerprint density at radius 2 is 2.06 bits per heavy atom. The highest BCUT2D eigenvalue weighted by Crippen LogP contribution is 2.21. The number of allylic oxidation sites excluding steroid dienone is 2. The van der Waals surface area contributed by atoms with Crippen molar-refractivity contribution in [3.05, 3.63) is 53.6 Å². The normalized spacial score (nSPS) is 18.7. The number of nitrogens with two attached hydrogens (primary N) is 1. The second-order valence-corrected chi connectivity index (χ2v) is 3.99. The molecule has 2 N–H and O–H groups in total. The standard InChI is InChI=1S/C14H15NO2/c1-17-14(16)11-7-5-10(6-8-11)12-3-2-4-13(15)9-12/h2-3,5-9,13H,4,15H2,1H3/t13-/m0/s1. The molecule has 1 aliphatic rings. The van der Waals surface area contributed by atoms with Crippen LogP contribution in [0.4, 0.5) is 0 Å². The first-order valence-electron chi connectivity index (χ1n) is 5.53. The largest absolute Gasteiger partial charge is 0.465 e. The predicted octanol–water partition coefficient (Wildman–Crippen LogP) is 2.14. The molecule has 0 aliphatic heterocycles. The topological polar surface area (TPSA) is 52.3 Å². The predicted molar refractivity (Wildman–Crippen MR) is 67.5 cm³/mol. The fourth-order valence-corrected chi connectivity index (χ4v) is 1.82. The van der Waals surface area contributed by atoms with E-state index in [2.05, 4.69) is 16.9 Å². The van der Waals surface area contributed by atoms with Crippen LogP contribution in [0.1, 0.15) is 22.3 Å². The van der Waals surface area contributed by atoms with Crippen molar-refractivity contribution in [2.75, 3.05) is 7.11 Å². The fraction of sp³-hybridized carbons (Fsp3) is 0.214. The molecule has 88 valence electrons. The van der Waals surface area contributed by atoms with Crippen molar-refractivity contribution >= 4 is 11.5 Å². The van der Waals surface area contributed by atoms with Crippen molar-refractivity contribution in [2.45, 2.75) is 12.5 Å². The summed E-state index contributed by atoms with van der Waals surface area (Å²) in [7, 11) is 1.38. The first kappa shape index (κ1) is 11.6. The van der Waals surface area contributed by atoms with Crippen LogP contribution in [0.25, 0.3) is 5.57 Å². The number of methoxy groups -OCH3 is 1. The van der Waals surface area contributed by atoms with E-state index < -0.39 is 0 Å². The molecule has 0 spiro atoms. The SMILES string of the molecule is COC(=O)c1ccc(C2=C[C@@H](N)CC=C2)cc1. The number of benzene rings is 1. The lowest BCUT2D eigenvalue weighted by Gasteiger charge is -2.12. The molecule has 0 heterocycles. The third-order valence-corrected chi connectivity index (χ3v) is 2.74. The van der Waals surface area contributed by atoms with Gasteiger partial charge in [0.15, 0.2) is 0 Å². The number of hydrogen-bond acceptors (Lipinski definition) is 3. The summed E-state index contributed by atoms with van der Waals surface area (Å²) >= 11 is 0. The molecule has 0 saturated carbocycles. The van der Waals surface area contributed by atoms with Gasteiger partial charge in [0.2, 0.25) is 0 Å². The van der Waals surface area contributed by atoms with Crippen LogP contribution in [-0.4, -0.2) is 19.1 Å². The molecule has 1 atom stereocenters. The molecule has 0 amide bonds. The van der Waals surface area contributed by atoms with Crippen LogP contribution in [0, 0.1) is 0 Å². The molecule has 0 saturated heterocycles. The van der Waals surface area contributed by atoms with Gasteiger partial charge < -0.3 is 10.5 Å². The van der Waals surface area contributed by atoms with Crippen LogP contribution in [0.3, 0.4) is 0 Å². The van der Waals surface area contributed by atoms with Gasteiger partial charge in [-0.3, -0.25) is 0 Å². The molecule has 1 aliphatic carbocycles. The van der Waals surface area contributed by atoms with Crippen molar-refractivity contribution in [3.8, 4) is 0 Å². The van der Waals surface area contributed by atoms with Crippen LogP contribution in [0.5, 0.6) is 0 Å². The van der Waals surface area contributed by atoms with Crippen LogP contribution >= 0.6 is 0 Å². The molecule has 2 rings (SSSR count). The minimum absolute atomic E-state index is 0.0790. The van der Waals surface area contributed by atoms with E-state index in [9.17, 15) is 4.79 Å². The van der Waals surface area contributed by atoms with Gasteiger partial charge in [-0.2, -0.15) is 0 Å². The second kappa shape index (κ2) is 4.97. The smallest absolute Gasteiger partial charge is 0.337 e. The van der Waals surface area contributed by atoms with Gasteiger partial charge in [-0.15, -0.1) is 0 Å². The minimum atomic E-state index is -0.318. The van der Waals surface area contributed by atoms with E-state index in [4.69, 9.17) is 5.73 Å². The summed E-state index contributed by atoms with van der Waals surface area (Å²) in [4.78, 5) is 11.3. The molecule has 0 unspecified atom stereocenters. The van der Waals surface area contributed by atoms with E-state index in [-0.39, 0.29) is 12.0 Å². The Balaban J connectivity index is 2.24. The van der Waals surface area contributed by atoms with E-state index in [1.165, 1.54) is 7.11 Å². The zero-order valence-electron chi connectivity index (χ0n) is 9.72. The lowest BCUT2D eigenvalue weighted by atomic mass is 9.96. The number of esters is 1. The van der Waals surface area contributed by atoms with Crippen molar-refractivity contribution < 1.29 is 9.53 Å². The molecule has 1 aromatic rings. The summed E-state index contributed by atoms with van der Waals surface area (Å²) in [6, 6.07) is 7.41. The Hall–Kier alpha value is -1.87. The summed E-state index contributed by atoms with van der Waals surface area (Å²) in [5.41, 5.74) is 8.57. The van der Waals surface area contributed by atoms with Crippen LogP contribution in [0.15, 0.2) is 42.5 Å². The maximum absolute atomic E-state index is 11.3. The molecule has 0 radical (unpaired) electrons. The first-order valence-corrected chi connectivity index (χ1v) is 5.53. The average molecular weight is 229 g/mol. The quantitative estimate of drug-likeness (QED) is 0.790. The van der Waals surface area contributed by atoms with Gasteiger partial charge in [-0.25, -0.2) is 4.79 Å². The zero-order chi connectivity index (χ0) is 12.3. The highest BCUT2D eigenvalue weighted by Gasteiger charge is 2.08. The van der Waals surface area contributed by atoms with Crippen LogP contribution in [0.2, 0.25) is 0 Å². The molecule has 0 aromatic heterocycles. The number of rotatable bonds is 2. The number of hydrogen-bond donors (Lipinski definition) is 1. The third-order valence-electron chi connectivity index (χ3n) is 2.74. The molecule has 3 heteroatoms. The molecule has 0 bridgehead atoms. The molecule has 1 aromatic carbocycles.